The van der Waals surface area contributed by atoms with Crippen molar-refractivity contribution >= 4 is 5.78 Å². The van der Waals surface area contributed by atoms with E-state index in [9.17, 15) is 4.79 Å². The molecule has 0 aromatic carbocycles. The van der Waals surface area contributed by atoms with Crippen molar-refractivity contribution in [1.82, 2.24) is 5.32 Å². The van der Waals surface area contributed by atoms with Crippen molar-refractivity contribution in [1.29, 1.82) is 0 Å². The van der Waals surface area contributed by atoms with E-state index in [1.54, 1.807) is 0 Å². The number of hydrogen-bond acceptors (Lipinski definition) is 2. The molecule has 3 unspecified atom stereocenters. The highest BCUT2D eigenvalue weighted by Crippen LogP contribution is 2.22. The van der Waals surface area contributed by atoms with E-state index in [1.165, 1.54) is 0 Å². The largest absolute Gasteiger partial charge is 0.314 e. The molecule has 0 aromatic rings. The molecule has 0 bridgehead atoms. The predicted octanol–water partition coefficient (Wildman–Crippen LogP) is 1.99. The minimum atomic E-state index is 0.261. The van der Waals surface area contributed by atoms with E-state index < -0.39 is 0 Å². The molecule has 1 N–H and O–H groups in total. The van der Waals surface area contributed by atoms with Gasteiger partial charge >= 0.3 is 0 Å². The predicted molar refractivity (Wildman–Crippen MR) is 54.7 cm³/mol. The minimum absolute atomic E-state index is 0.261. The normalized spacial score (nSPS) is 30.4. The summed E-state index contributed by atoms with van der Waals surface area (Å²) in [5.74, 6) is 1.01. The first-order chi connectivity index (χ1) is 6.16. The molecule has 1 aliphatic rings. The molecule has 0 spiro atoms. The fourth-order valence-electron chi connectivity index (χ4n) is 2.19. The summed E-state index contributed by atoms with van der Waals surface area (Å²) in [6, 6.07) is 0.395. The molecule has 0 aliphatic carbocycles. The Balaban J connectivity index is 2.46. The van der Waals surface area contributed by atoms with Gasteiger partial charge in [-0.15, -0.1) is 0 Å². The Bertz CT molecular complexity index is 179. The molecule has 0 aromatic heterocycles. The van der Waals surface area contributed by atoms with Crippen molar-refractivity contribution in [3.63, 3.8) is 0 Å². The molecule has 0 radical (unpaired) electrons. The van der Waals surface area contributed by atoms with Crippen LogP contribution in [0.15, 0.2) is 0 Å². The molecule has 1 heterocycles. The second kappa shape index (κ2) is 4.75. The number of carbonyl (C=O) groups is 1. The lowest BCUT2D eigenvalue weighted by molar-refractivity contribution is -0.126. The van der Waals surface area contributed by atoms with Gasteiger partial charge in [-0.1, -0.05) is 20.3 Å². The fraction of sp³-hybridized carbons (Fsp3) is 0.909. The van der Waals surface area contributed by atoms with Gasteiger partial charge in [0, 0.05) is 17.9 Å². The Morgan fingerprint density at radius 3 is 2.77 bits per heavy atom. The second-order valence-electron chi connectivity index (χ2n) is 4.23. The fourth-order valence-corrected chi connectivity index (χ4v) is 2.19. The van der Waals surface area contributed by atoms with E-state index in [0.29, 0.717) is 11.8 Å². The third-order valence-electron chi connectivity index (χ3n) is 3.10. The Kier molecular flexibility index (Phi) is 3.91. The quantitative estimate of drug-likeness (QED) is 0.722. The van der Waals surface area contributed by atoms with Gasteiger partial charge in [-0.3, -0.25) is 4.79 Å². The second-order valence-corrected chi connectivity index (χ2v) is 4.23. The summed E-state index contributed by atoms with van der Waals surface area (Å²) in [7, 11) is 0. The van der Waals surface area contributed by atoms with Gasteiger partial charge in [0.25, 0.3) is 0 Å². The van der Waals surface area contributed by atoms with Gasteiger partial charge in [0.1, 0.15) is 5.78 Å². The molecule has 1 aliphatic heterocycles. The zero-order chi connectivity index (χ0) is 9.84. The lowest BCUT2D eigenvalue weighted by Crippen LogP contribution is -2.31. The van der Waals surface area contributed by atoms with E-state index in [0.717, 1.165) is 25.8 Å². The van der Waals surface area contributed by atoms with Crippen molar-refractivity contribution in [3.05, 3.63) is 0 Å². The number of Topliss-reactive ketones (excluding diaryl/α,β-unsaturated/α-hetero) is 1. The number of hydrogen-bond donors (Lipinski definition) is 1. The van der Waals surface area contributed by atoms with Gasteiger partial charge < -0.3 is 5.32 Å². The first-order valence-electron chi connectivity index (χ1n) is 5.44. The van der Waals surface area contributed by atoms with Crippen LogP contribution in [0.1, 0.15) is 40.0 Å². The molecular formula is C11H21NO. The summed E-state index contributed by atoms with van der Waals surface area (Å²) < 4.78 is 0. The van der Waals surface area contributed by atoms with E-state index >= 15 is 0 Å². The molecule has 1 saturated heterocycles. The summed E-state index contributed by atoms with van der Waals surface area (Å²) in [5.41, 5.74) is 0. The van der Waals surface area contributed by atoms with Gasteiger partial charge in [-0.2, -0.15) is 0 Å². The summed E-state index contributed by atoms with van der Waals surface area (Å²) in [5, 5.41) is 3.33. The minimum Gasteiger partial charge on any atom is -0.314 e. The molecule has 0 saturated carbocycles. The molecule has 0 amide bonds. The average molecular weight is 183 g/mol. The Morgan fingerprint density at radius 1 is 1.62 bits per heavy atom. The average Bonchev–Trinajstić information content (AvgIpc) is 2.50. The van der Waals surface area contributed by atoms with Crippen LogP contribution >= 0.6 is 0 Å². The molecule has 76 valence electrons. The maximum atomic E-state index is 11.9. The maximum Gasteiger partial charge on any atom is 0.140 e. The zero-order valence-electron chi connectivity index (χ0n) is 8.97. The molecule has 1 fully saturated rings. The highest BCUT2D eigenvalue weighted by molar-refractivity contribution is 5.84. The van der Waals surface area contributed by atoms with E-state index in [-0.39, 0.29) is 11.8 Å². The van der Waals surface area contributed by atoms with Crippen molar-refractivity contribution in [3.8, 4) is 0 Å². The van der Waals surface area contributed by atoms with Crippen LogP contribution in [0.25, 0.3) is 0 Å². The summed E-state index contributed by atoms with van der Waals surface area (Å²) in [6.07, 6.45) is 3.19. The van der Waals surface area contributed by atoms with Crippen molar-refractivity contribution in [2.45, 2.75) is 46.1 Å². The number of nitrogens with one attached hydrogen (secondary N) is 1. The van der Waals surface area contributed by atoms with Crippen LogP contribution < -0.4 is 5.32 Å². The molecule has 1 rings (SSSR count). The maximum absolute atomic E-state index is 11.9. The first kappa shape index (κ1) is 10.7. The molecule has 2 nitrogen and oxygen atoms in total. The van der Waals surface area contributed by atoms with Crippen LogP contribution in [0.5, 0.6) is 0 Å². The lowest BCUT2D eigenvalue weighted by Gasteiger charge is -2.18. The molecule has 2 heteroatoms. The molecule has 3 atom stereocenters. The van der Waals surface area contributed by atoms with Crippen LogP contribution in [-0.4, -0.2) is 18.4 Å². The summed E-state index contributed by atoms with van der Waals surface area (Å²) in [4.78, 5) is 11.9. The van der Waals surface area contributed by atoms with E-state index in [2.05, 4.69) is 26.1 Å². The van der Waals surface area contributed by atoms with Gasteiger partial charge in [0.05, 0.1) is 0 Å². The van der Waals surface area contributed by atoms with Crippen LogP contribution in [0.2, 0.25) is 0 Å². The third-order valence-corrected chi connectivity index (χ3v) is 3.10. The first-order valence-corrected chi connectivity index (χ1v) is 5.44. The Morgan fingerprint density at radius 2 is 2.31 bits per heavy atom. The highest BCUT2D eigenvalue weighted by Gasteiger charge is 2.31. The van der Waals surface area contributed by atoms with Gasteiger partial charge in [0.15, 0.2) is 0 Å². The number of ketones is 1. The third kappa shape index (κ3) is 2.53. The zero-order valence-corrected chi connectivity index (χ0v) is 8.97. The SMILES string of the molecule is CCCC(C)C(=O)C1CCNC1C. The molecular weight excluding hydrogens is 162 g/mol. The topological polar surface area (TPSA) is 29.1 Å². The lowest BCUT2D eigenvalue weighted by atomic mass is 9.87. The highest BCUT2D eigenvalue weighted by atomic mass is 16.1. The number of carbonyl (C=O) groups excluding carboxylic acids is 1. The van der Waals surface area contributed by atoms with Crippen molar-refractivity contribution in [2.75, 3.05) is 6.54 Å². The Labute approximate surface area is 81.1 Å². The van der Waals surface area contributed by atoms with E-state index in [1.807, 2.05) is 0 Å². The molecule has 13 heavy (non-hydrogen) atoms. The van der Waals surface area contributed by atoms with Crippen LogP contribution in [-0.2, 0) is 4.79 Å². The standard InChI is InChI=1S/C11H21NO/c1-4-5-8(2)11(13)10-6-7-12-9(10)3/h8-10,12H,4-7H2,1-3H3. The van der Waals surface area contributed by atoms with Gasteiger partial charge in [-0.05, 0) is 26.3 Å². The van der Waals surface area contributed by atoms with Crippen molar-refractivity contribution in [2.24, 2.45) is 11.8 Å². The summed E-state index contributed by atoms with van der Waals surface area (Å²) >= 11 is 0. The smallest absolute Gasteiger partial charge is 0.140 e. The monoisotopic (exact) mass is 183 g/mol. The van der Waals surface area contributed by atoms with E-state index in [4.69, 9.17) is 0 Å². The van der Waals surface area contributed by atoms with Crippen LogP contribution in [0, 0.1) is 11.8 Å². The van der Waals surface area contributed by atoms with Crippen LogP contribution in [0.3, 0.4) is 0 Å². The number of rotatable bonds is 4. The Hall–Kier alpha value is -0.370. The van der Waals surface area contributed by atoms with Crippen molar-refractivity contribution < 1.29 is 4.79 Å². The van der Waals surface area contributed by atoms with Gasteiger partial charge in [-0.25, -0.2) is 0 Å². The van der Waals surface area contributed by atoms with Crippen LogP contribution in [0.4, 0.5) is 0 Å². The summed E-state index contributed by atoms with van der Waals surface area (Å²) in [6.45, 7) is 7.33. The van der Waals surface area contributed by atoms with Gasteiger partial charge in [0.2, 0.25) is 0 Å².